The van der Waals surface area contributed by atoms with E-state index in [9.17, 15) is 23.1 Å². The average Bonchev–Trinajstić information content (AvgIpc) is 3.69. The maximum absolute atomic E-state index is 15.1. The zero-order valence-corrected chi connectivity index (χ0v) is 20.0. The molecule has 3 aromatic rings. The second kappa shape index (κ2) is 8.94. The third-order valence-corrected chi connectivity index (χ3v) is 7.74. The van der Waals surface area contributed by atoms with E-state index in [4.69, 9.17) is 5.73 Å². The molecule has 36 heavy (non-hydrogen) atoms. The number of pyridine rings is 1. The number of carboxylic acid groups (broad SMARTS) is 1. The van der Waals surface area contributed by atoms with Crippen molar-refractivity contribution >= 4 is 38.5 Å². The van der Waals surface area contributed by atoms with Crippen LogP contribution < -0.4 is 16.1 Å². The van der Waals surface area contributed by atoms with Crippen molar-refractivity contribution in [1.29, 1.82) is 0 Å². The standard InChI is InChI=1S/C24H24FN5O5S/c25-18-12-17-19(30(15-6-7-15)21(23(32)33)14-22(17)31)13-20(18)28-8-10-29(11-9-28)24(26)27-36(34,35)16-4-2-1-3-5-16/h1-5,12-15H,6-11H2,(H2,26,27)(H,32,33). The van der Waals surface area contributed by atoms with E-state index < -0.39 is 27.2 Å². The molecule has 1 saturated carbocycles. The Morgan fingerprint density at radius 1 is 1.06 bits per heavy atom. The van der Waals surface area contributed by atoms with Gasteiger partial charge in [0.1, 0.15) is 11.5 Å². The Labute approximate surface area is 206 Å². The molecule has 0 bridgehead atoms. The summed E-state index contributed by atoms with van der Waals surface area (Å²) in [6.07, 6.45) is 1.57. The number of aromatic nitrogens is 1. The first-order chi connectivity index (χ1) is 17.2. The Morgan fingerprint density at radius 2 is 1.72 bits per heavy atom. The highest BCUT2D eigenvalue weighted by molar-refractivity contribution is 7.90. The lowest BCUT2D eigenvalue weighted by atomic mass is 10.1. The summed E-state index contributed by atoms with van der Waals surface area (Å²) in [5, 5.41) is 9.75. The molecule has 2 aromatic carbocycles. The van der Waals surface area contributed by atoms with E-state index >= 15 is 4.39 Å². The molecule has 0 atom stereocenters. The van der Waals surface area contributed by atoms with E-state index in [1.807, 2.05) is 0 Å². The molecule has 1 aliphatic heterocycles. The Morgan fingerprint density at radius 3 is 2.33 bits per heavy atom. The first-order valence-corrected chi connectivity index (χ1v) is 12.9. The molecule has 2 aliphatic rings. The van der Waals surface area contributed by atoms with Crippen LogP contribution in [0.25, 0.3) is 10.9 Å². The van der Waals surface area contributed by atoms with Gasteiger partial charge in [0.05, 0.1) is 16.1 Å². The van der Waals surface area contributed by atoms with E-state index in [1.54, 1.807) is 32.6 Å². The monoisotopic (exact) mass is 513 g/mol. The summed E-state index contributed by atoms with van der Waals surface area (Å²) in [6, 6.07) is 11.4. The van der Waals surface area contributed by atoms with Crippen LogP contribution in [0.4, 0.5) is 10.1 Å². The topological polar surface area (TPSA) is 138 Å². The van der Waals surface area contributed by atoms with Gasteiger partial charge >= 0.3 is 5.97 Å². The second-order valence-corrected chi connectivity index (χ2v) is 10.4. The molecule has 0 unspecified atom stereocenters. The Hall–Kier alpha value is -3.93. The first kappa shape index (κ1) is 23.8. The van der Waals surface area contributed by atoms with Crippen LogP contribution in [0.2, 0.25) is 0 Å². The quantitative estimate of drug-likeness (QED) is 0.390. The predicted octanol–water partition coefficient (Wildman–Crippen LogP) is 2.00. The number of aromatic carboxylic acids is 1. The van der Waals surface area contributed by atoms with Crippen LogP contribution in [0.3, 0.4) is 0 Å². The third kappa shape index (κ3) is 4.39. The number of nitrogens with zero attached hydrogens (tertiary/aromatic N) is 4. The van der Waals surface area contributed by atoms with Crippen molar-refractivity contribution in [3.63, 3.8) is 0 Å². The highest BCUT2D eigenvalue weighted by Gasteiger charge is 2.30. The average molecular weight is 514 g/mol. The number of sulfonamides is 1. The summed E-state index contributed by atoms with van der Waals surface area (Å²) in [5.41, 5.74) is 5.97. The lowest BCUT2D eigenvalue weighted by molar-refractivity contribution is 0.0684. The van der Waals surface area contributed by atoms with Crippen molar-refractivity contribution in [2.45, 2.75) is 23.8 Å². The summed E-state index contributed by atoms with van der Waals surface area (Å²) < 4.78 is 45.5. The van der Waals surface area contributed by atoms with Gasteiger partial charge in [-0.25, -0.2) is 9.18 Å². The van der Waals surface area contributed by atoms with Crippen LogP contribution in [-0.2, 0) is 10.0 Å². The van der Waals surface area contributed by atoms with Crippen LogP contribution in [0.15, 0.2) is 62.6 Å². The van der Waals surface area contributed by atoms with Crippen molar-refractivity contribution in [2.24, 2.45) is 10.1 Å². The van der Waals surface area contributed by atoms with Gasteiger partial charge < -0.3 is 25.2 Å². The number of piperazine rings is 1. The smallest absolute Gasteiger partial charge is 0.352 e. The fourth-order valence-corrected chi connectivity index (χ4v) is 5.45. The summed E-state index contributed by atoms with van der Waals surface area (Å²) in [4.78, 5) is 27.7. The van der Waals surface area contributed by atoms with Crippen LogP contribution >= 0.6 is 0 Å². The molecule has 12 heteroatoms. The Bertz CT molecular complexity index is 1540. The van der Waals surface area contributed by atoms with Gasteiger partial charge in [0.25, 0.3) is 10.0 Å². The number of anilines is 1. The third-order valence-electron chi connectivity index (χ3n) is 6.45. The number of carbonyl (C=O) groups is 1. The van der Waals surface area contributed by atoms with Gasteiger partial charge in [-0.2, -0.15) is 8.42 Å². The molecule has 1 aromatic heterocycles. The molecule has 1 aliphatic carbocycles. The van der Waals surface area contributed by atoms with E-state index in [0.29, 0.717) is 31.7 Å². The van der Waals surface area contributed by atoms with Crippen molar-refractivity contribution in [1.82, 2.24) is 9.47 Å². The van der Waals surface area contributed by atoms with E-state index in [2.05, 4.69) is 4.40 Å². The van der Waals surface area contributed by atoms with Crippen LogP contribution in [0, 0.1) is 5.82 Å². The zero-order chi connectivity index (χ0) is 25.6. The highest BCUT2D eigenvalue weighted by Crippen LogP contribution is 2.39. The number of halogens is 1. The van der Waals surface area contributed by atoms with Crippen LogP contribution in [-0.4, -0.2) is 61.1 Å². The Kier molecular flexibility index (Phi) is 5.91. The van der Waals surface area contributed by atoms with Crippen molar-refractivity contribution < 1.29 is 22.7 Å². The van der Waals surface area contributed by atoms with Gasteiger partial charge in [-0.3, -0.25) is 4.79 Å². The number of rotatable bonds is 5. The Balaban J connectivity index is 1.42. The van der Waals surface area contributed by atoms with E-state index in [0.717, 1.165) is 25.0 Å². The highest BCUT2D eigenvalue weighted by atomic mass is 32.2. The fourth-order valence-electron chi connectivity index (χ4n) is 4.48. The summed E-state index contributed by atoms with van der Waals surface area (Å²) in [5.74, 6) is -1.95. The number of fused-ring (bicyclic) bond motifs is 1. The zero-order valence-electron chi connectivity index (χ0n) is 19.2. The summed E-state index contributed by atoms with van der Waals surface area (Å²) in [7, 11) is -3.96. The largest absolute Gasteiger partial charge is 0.477 e. The number of carboxylic acids is 1. The number of benzene rings is 2. The minimum absolute atomic E-state index is 0.0345. The van der Waals surface area contributed by atoms with Gasteiger partial charge in [0.2, 0.25) is 5.96 Å². The fraction of sp³-hybridized carbons (Fsp3) is 0.292. The summed E-state index contributed by atoms with van der Waals surface area (Å²) in [6.45, 7) is 1.22. The van der Waals surface area contributed by atoms with Gasteiger partial charge in [0.15, 0.2) is 5.43 Å². The number of hydrogen-bond donors (Lipinski definition) is 2. The number of nitrogens with two attached hydrogens (primary N) is 1. The van der Waals surface area contributed by atoms with E-state index in [-0.39, 0.29) is 33.7 Å². The van der Waals surface area contributed by atoms with Gasteiger partial charge in [-0.15, -0.1) is 4.40 Å². The normalized spacial score (nSPS) is 17.0. The molecule has 2 heterocycles. The molecule has 188 valence electrons. The number of hydrogen-bond acceptors (Lipinski definition) is 5. The molecule has 0 spiro atoms. The molecule has 10 nitrogen and oxygen atoms in total. The molecular formula is C24H24FN5O5S. The second-order valence-electron chi connectivity index (χ2n) is 8.83. The minimum Gasteiger partial charge on any atom is -0.477 e. The van der Waals surface area contributed by atoms with E-state index in [1.165, 1.54) is 18.2 Å². The molecule has 2 fully saturated rings. The predicted molar refractivity (Wildman–Crippen MR) is 132 cm³/mol. The van der Waals surface area contributed by atoms with Crippen molar-refractivity contribution in [3.8, 4) is 0 Å². The van der Waals surface area contributed by atoms with Gasteiger partial charge in [-0.1, -0.05) is 18.2 Å². The molecule has 0 radical (unpaired) electrons. The lowest BCUT2D eigenvalue weighted by Gasteiger charge is -2.36. The van der Waals surface area contributed by atoms with Crippen LogP contribution in [0.1, 0.15) is 29.4 Å². The molecule has 3 N–H and O–H groups in total. The van der Waals surface area contributed by atoms with Gasteiger partial charge in [-0.05, 0) is 37.1 Å². The van der Waals surface area contributed by atoms with Gasteiger partial charge in [0, 0.05) is 43.7 Å². The van der Waals surface area contributed by atoms with Crippen molar-refractivity contribution in [2.75, 3.05) is 31.1 Å². The molecular weight excluding hydrogens is 489 g/mol. The molecule has 5 rings (SSSR count). The minimum atomic E-state index is -3.96. The molecule has 0 amide bonds. The summed E-state index contributed by atoms with van der Waals surface area (Å²) >= 11 is 0. The number of guanidine groups is 1. The first-order valence-electron chi connectivity index (χ1n) is 11.4. The SMILES string of the molecule is N/C(=N\S(=O)(=O)c1ccccc1)N1CCN(c2cc3c(cc2F)c(=O)cc(C(=O)O)n3C2CC2)CC1. The van der Waals surface area contributed by atoms with Crippen LogP contribution in [0.5, 0.6) is 0 Å². The lowest BCUT2D eigenvalue weighted by Crippen LogP contribution is -2.51. The maximum atomic E-state index is 15.1. The van der Waals surface area contributed by atoms with Crippen molar-refractivity contribution in [3.05, 3.63) is 70.3 Å². The maximum Gasteiger partial charge on any atom is 0.352 e. The molecule has 1 saturated heterocycles.